The van der Waals surface area contributed by atoms with Gasteiger partial charge in [0.2, 0.25) is 0 Å². The number of esters is 1. The predicted molar refractivity (Wildman–Crippen MR) is 91.9 cm³/mol. The van der Waals surface area contributed by atoms with Crippen LogP contribution in [0.25, 0.3) is 11.3 Å². The Morgan fingerprint density at radius 3 is 2.81 bits per heavy atom. The SMILES string of the molecule is CCOC(=O)c1ccc(NCc2c(-c3cccc(F)c3)noc2C)nn1. The highest BCUT2D eigenvalue weighted by atomic mass is 19.1. The van der Waals surface area contributed by atoms with Crippen LogP contribution in [0.5, 0.6) is 0 Å². The fraction of sp³-hybridized carbons (Fsp3) is 0.222. The number of carbonyl (C=O) groups is 1. The van der Waals surface area contributed by atoms with Crippen molar-refractivity contribution in [2.75, 3.05) is 11.9 Å². The zero-order valence-corrected chi connectivity index (χ0v) is 14.3. The third-order valence-corrected chi connectivity index (χ3v) is 3.68. The zero-order chi connectivity index (χ0) is 18.5. The molecule has 0 saturated heterocycles. The maximum atomic E-state index is 13.5. The summed E-state index contributed by atoms with van der Waals surface area (Å²) in [7, 11) is 0. The van der Waals surface area contributed by atoms with Gasteiger partial charge in [0.15, 0.2) is 5.69 Å². The minimum atomic E-state index is -0.519. The van der Waals surface area contributed by atoms with Crippen LogP contribution in [0.2, 0.25) is 0 Å². The molecule has 0 bridgehead atoms. The molecule has 0 unspecified atom stereocenters. The first-order valence-corrected chi connectivity index (χ1v) is 8.04. The second-order valence-electron chi connectivity index (χ2n) is 5.45. The molecule has 0 amide bonds. The van der Waals surface area contributed by atoms with Crippen molar-refractivity contribution >= 4 is 11.8 Å². The van der Waals surface area contributed by atoms with E-state index in [2.05, 4.69) is 20.7 Å². The quantitative estimate of drug-likeness (QED) is 0.677. The van der Waals surface area contributed by atoms with E-state index < -0.39 is 5.97 Å². The van der Waals surface area contributed by atoms with E-state index in [-0.39, 0.29) is 18.1 Å². The number of ether oxygens (including phenoxy) is 1. The molecule has 0 spiro atoms. The molecule has 134 valence electrons. The van der Waals surface area contributed by atoms with E-state index in [0.717, 1.165) is 5.56 Å². The average molecular weight is 356 g/mol. The Morgan fingerprint density at radius 1 is 1.27 bits per heavy atom. The topological polar surface area (TPSA) is 90.1 Å². The van der Waals surface area contributed by atoms with Crippen molar-refractivity contribution in [2.24, 2.45) is 0 Å². The first-order chi connectivity index (χ1) is 12.6. The third kappa shape index (κ3) is 3.85. The highest BCUT2D eigenvalue weighted by molar-refractivity contribution is 5.87. The fourth-order valence-electron chi connectivity index (χ4n) is 2.38. The number of halogens is 1. The van der Waals surface area contributed by atoms with Crippen LogP contribution < -0.4 is 5.32 Å². The standard InChI is InChI=1S/C18H17FN4O3/c1-3-25-18(24)15-7-8-16(22-21-15)20-10-14-11(2)26-23-17(14)12-5-4-6-13(19)9-12/h4-9H,3,10H2,1-2H3,(H,20,22). The van der Waals surface area contributed by atoms with Crippen molar-refractivity contribution in [2.45, 2.75) is 20.4 Å². The Kier molecular flexibility index (Phi) is 5.21. The largest absolute Gasteiger partial charge is 0.461 e. The van der Waals surface area contributed by atoms with Crippen LogP contribution >= 0.6 is 0 Å². The van der Waals surface area contributed by atoms with Crippen LogP contribution in [-0.2, 0) is 11.3 Å². The van der Waals surface area contributed by atoms with Crippen LogP contribution in [0.4, 0.5) is 10.2 Å². The zero-order valence-electron chi connectivity index (χ0n) is 14.3. The highest BCUT2D eigenvalue weighted by Gasteiger charge is 2.15. The van der Waals surface area contributed by atoms with Crippen molar-refractivity contribution in [3.63, 3.8) is 0 Å². The number of hydrogen-bond donors (Lipinski definition) is 1. The second-order valence-corrected chi connectivity index (χ2v) is 5.45. The maximum Gasteiger partial charge on any atom is 0.358 e. The summed E-state index contributed by atoms with van der Waals surface area (Å²) in [6, 6.07) is 9.30. The number of aromatic nitrogens is 3. The molecule has 0 aliphatic carbocycles. The molecule has 3 aromatic rings. The number of rotatable bonds is 6. The number of carbonyl (C=O) groups excluding carboxylic acids is 1. The van der Waals surface area contributed by atoms with Crippen molar-refractivity contribution < 1.29 is 18.4 Å². The summed E-state index contributed by atoms with van der Waals surface area (Å²) in [6.07, 6.45) is 0. The van der Waals surface area contributed by atoms with Gasteiger partial charge in [-0.1, -0.05) is 17.3 Å². The number of anilines is 1. The van der Waals surface area contributed by atoms with Gasteiger partial charge in [0.05, 0.1) is 6.61 Å². The smallest absolute Gasteiger partial charge is 0.358 e. The van der Waals surface area contributed by atoms with E-state index in [1.165, 1.54) is 18.2 Å². The van der Waals surface area contributed by atoms with Gasteiger partial charge in [-0.05, 0) is 38.1 Å². The summed E-state index contributed by atoms with van der Waals surface area (Å²) in [5.41, 5.74) is 2.11. The van der Waals surface area contributed by atoms with Crippen molar-refractivity contribution in [1.82, 2.24) is 15.4 Å². The molecule has 8 heteroatoms. The van der Waals surface area contributed by atoms with Gasteiger partial charge in [0.25, 0.3) is 0 Å². The Morgan fingerprint density at radius 2 is 2.12 bits per heavy atom. The summed E-state index contributed by atoms with van der Waals surface area (Å²) in [4.78, 5) is 11.6. The molecule has 0 atom stereocenters. The lowest BCUT2D eigenvalue weighted by atomic mass is 10.1. The lowest BCUT2D eigenvalue weighted by Crippen LogP contribution is -2.10. The van der Waals surface area contributed by atoms with Gasteiger partial charge in [0.1, 0.15) is 23.1 Å². The number of nitrogens with zero attached hydrogens (tertiary/aromatic N) is 3. The number of nitrogens with one attached hydrogen (secondary N) is 1. The number of benzene rings is 1. The third-order valence-electron chi connectivity index (χ3n) is 3.68. The molecule has 7 nitrogen and oxygen atoms in total. The Balaban J connectivity index is 1.74. The Labute approximate surface area is 149 Å². The molecule has 0 radical (unpaired) electrons. The van der Waals surface area contributed by atoms with Crippen molar-refractivity contribution in [3.05, 3.63) is 59.2 Å². The molecule has 0 saturated carbocycles. The number of hydrogen-bond acceptors (Lipinski definition) is 7. The minimum Gasteiger partial charge on any atom is -0.461 e. The first kappa shape index (κ1) is 17.5. The van der Waals surface area contributed by atoms with Gasteiger partial charge in [-0.3, -0.25) is 0 Å². The Bertz CT molecular complexity index is 909. The first-order valence-electron chi connectivity index (χ1n) is 8.04. The van der Waals surface area contributed by atoms with E-state index in [1.54, 1.807) is 32.0 Å². The molecule has 2 heterocycles. The van der Waals surface area contributed by atoms with Crippen LogP contribution in [0.1, 0.15) is 28.7 Å². The molecule has 0 aliphatic heterocycles. The lowest BCUT2D eigenvalue weighted by molar-refractivity contribution is 0.0518. The fourth-order valence-corrected chi connectivity index (χ4v) is 2.38. The minimum absolute atomic E-state index is 0.138. The van der Waals surface area contributed by atoms with Gasteiger partial charge in [-0.15, -0.1) is 10.2 Å². The summed E-state index contributed by atoms with van der Waals surface area (Å²) in [5.74, 6) is 0.231. The van der Waals surface area contributed by atoms with Gasteiger partial charge < -0.3 is 14.6 Å². The van der Waals surface area contributed by atoms with Crippen LogP contribution in [0.15, 0.2) is 40.9 Å². The summed E-state index contributed by atoms with van der Waals surface area (Å²) >= 11 is 0. The molecule has 1 N–H and O–H groups in total. The molecule has 1 aromatic carbocycles. The highest BCUT2D eigenvalue weighted by Crippen LogP contribution is 2.26. The average Bonchev–Trinajstić information content (AvgIpc) is 3.01. The van der Waals surface area contributed by atoms with Crippen molar-refractivity contribution in [3.8, 4) is 11.3 Å². The molecule has 2 aromatic heterocycles. The monoisotopic (exact) mass is 356 g/mol. The van der Waals surface area contributed by atoms with Gasteiger partial charge >= 0.3 is 5.97 Å². The summed E-state index contributed by atoms with van der Waals surface area (Å²) in [6.45, 7) is 4.13. The van der Waals surface area contributed by atoms with E-state index in [9.17, 15) is 9.18 Å². The molecular formula is C18H17FN4O3. The molecule has 26 heavy (non-hydrogen) atoms. The normalized spacial score (nSPS) is 10.6. The molecule has 0 fully saturated rings. The second kappa shape index (κ2) is 7.73. The van der Waals surface area contributed by atoms with Crippen LogP contribution in [0.3, 0.4) is 0 Å². The molecule has 3 rings (SSSR count). The van der Waals surface area contributed by atoms with Gasteiger partial charge in [-0.25, -0.2) is 9.18 Å². The summed E-state index contributed by atoms with van der Waals surface area (Å²) < 4.78 is 23.6. The summed E-state index contributed by atoms with van der Waals surface area (Å²) in [5, 5.41) is 14.9. The van der Waals surface area contributed by atoms with E-state index in [4.69, 9.17) is 9.26 Å². The number of aryl methyl sites for hydroxylation is 1. The lowest BCUT2D eigenvalue weighted by Gasteiger charge is -2.06. The van der Waals surface area contributed by atoms with E-state index in [1.807, 2.05) is 0 Å². The maximum absolute atomic E-state index is 13.5. The van der Waals surface area contributed by atoms with E-state index >= 15 is 0 Å². The van der Waals surface area contributed by atoms with Crippen molar-refractivity contribution in [1.29, 1.82) is 0 Å². The van der Waals surface area contributed by atoms with Crippen LogP contribution in [-0.4, -0.2) is 27.9 Å². The molecule has 0 aliphatic rings. The molecular weight excluding hydrogens is 339 g/mol. The van der Waals surface area contributed by atoms with E-state index in [0.29, 0.717) is 29.4 Å². The van der Waals surface area contributed by atoms with Gasteiger partial charge in [-0.2, -0.15) is 0 Å². The Hall–Kier alpha value is -3.29. The predicted octanol–water partition coefficient (Wildman–Crippen LogP) is 3.37. The van der Waals surface area contributed by atoms with Gasteiger partial charge in [0, 0.05) is 17.7 Å². The van der Waals surface area contributed by atoms with Crippen LogP contribution in [0, 0.1) is 12.7 Å².